The summed E-state index contributed by atoms with van der Waals surface area (Å²) in [4.78, 5) is 2.14. The minimum Gasteiger partial charge on any atom is -0.508 e. The maximum absolute atomic E-state index is 12.7. The fraction of sp³-hybridized carbons (Fsp3) is 0.538. The maximum Gasteiger partial charge on any atom is 0.120 e. The van der Waals surface area contributed by atoms with Crippen molar-refractivity contribution in [2.45, 2.75) is 12.5 Å². The van der Waals surface area contributed by atoms with Crippen LogP contribution in [0.5, 0.6) is 11.5 Å². The van der Waals surface area contributed by atoms with Gasteiger partial charge in [0, 0.05) is 37.8 Å². The minimum absolute atomic E-state index is 0. The Balaban J connectivity index is 0.00000180. The number of alkyl halides is 1. The van der Waals surface area contributed by atoms with E-state index in [1.807, 2.05) is 0 Å². The summed E-state index contributed by atoms with van der Waals surface area (Å²) in [6, 6.07) is 4.24. The van der Waals surface area contributed by atoms with Crippen molar-refractivity contribution in [2.75, 3.05) is 32.9 Å². The van der Waals surface area contributed by atoms with Crippen molar-refractivity contribution in [2.24, 2.45) is 0 Å². The van der Waals surface area contributed by atoms with Gasteiger partial charge in [0.2, 0.25) is 0 Å². The number of halogens is 2. The molecule has 1 saturated heterocycles. The average molecular weight is 291 g/mol. The molecule has 1 fully saturated rings. The number of hydrogen-bond donors (Lipinski definition) is 3. The Hall–Kier alpha value is -1.04. The number of hydrogen-bond acceptors (Lipinski definition) is 4. The Morgan fingerprint density at radius 2 is 1.95 bits per heavy atom. The van der Waals surface area contributed by atoms with E-state index in [0.717, 1.165) is 26.2 Å². The Morgan fingerprint density at radius 3 is 2.58 bits per heavy atom. The molecule has 0 spiro atoms. The zero-order valence-electron chi connectivity index (χ0n) is 10.7. The number of rotatable bonds is 4. The minimum atomic E-state index is -0.441. The summed E-state index contributed by atoms with van der Waals surface area (Å²) >= 11 is 0. The van der Waals surface area contributed by atoms with E-state index < -0.39 is 6.67 Å². The molecular weight excluding hydrogens is 271 g/mol. The van der Waals surface area contributed by atoms with Crippen LogP contribution < -0.4 is 5.32 Å². The van der Waals surface area contributed by atoms with Crippen LogP contribution in [0, 0.1) is 0 Å². The molecule has 1 atom stereocenters. The molecule has 0 saturated carbocycles. The monoisotopic (exact) mass is 290 g/mol. The summed E-state index contributed by atoms with van der Waals surface area (Å²) in [6.07, 6.45) is 0.330. The predicted octanol–water partition coefficient (Wildman–Crippen LogP) is 1.83. The quantitative estimate of drug-likeness (QED) is 0.741. The first kappa shape index (κ1) is 16.0. The van der Waals surface area contributed by atoms with E-state index in [1.165, 1.54) is 18.2 Å². The van der Waals surface area contributed by atoms with Crippen LogP contribution in [0.1, 0.15) is 18.0 Å². The fourth-order valence-corrected chi connectivity index (χ4v) is 2.44. The van der Waals surface area contributed by atoms with Crippen LogP contribution in [0.4, 0.5) is 4.39 Å². The third-order valence-electron chi connectivity index (χ3n) is 3.35. The number of nitrogens with one attached hydrogen (secondary N) is 1. The summed E-state index contributed by atoms with van der Waals surface area (Å²) < 4.78 is 12.7. The van der Waals surface area contributed by atoms with Crippen LogP contribution in [0.25, 0.3) is 0 Å². The Morgan fingerprint density at radius 1 is 1.26 bits per heavy atom. The summed E-state index contributed by atoms with van der Waals surface area (Å²) in [7, 11) is 0. The molecule has 0 radical (unpaired) electrons. The summed E-state index contributed by atoms with van der Waals surface area (Å²) in [6.45, 7) is 2.92. The summed E-state index contributed by atoms with van der Waals surface area (Å²) in [5, 5.41) is 22.6. The molecule has 1 aromatic carbocycles. The second kappa shape index (κ2) is 7.53. The molecule has 0 aliphatic carbocycles. The van der Waals surface area contributed by atoms with Gasteiger partial charge in [-0.25, -0.2) is 0 Å². The van der Waals surface area contributed by atoms with E-state index >= 15 is 0 Å². The van der Waals surface area contributed by atoms with Gasteiger partial charge in [-0.05, 0) is 24.6 Å². The van der Waals surface area contributed by atoms with Gasteiger partial charge in [0.15, 0.2) is 0 Å². The van der Waals surface area contributed by atoms with E-state index in [-0.39, 0.29) is 29.9 Å². The maximum atomic E-state index is 12.7. The second-order valence-electron chi connectivity index (χ2n) is 4.52. The van der Waals surface area contributed by atoms with E-state index in [0.29, 0.717) is 12.0 Å². The molecule has 19 heavy (non-hydrogen) atoms. The zero-order valence-corrected chi connectivity index (χ0v) is 11.5. The fourth-order valence-electron chi connectivity index (χ4n) is 2.44. The van der Waals surface area contributed by atoms with Crippen molar-refractivity contribution in [3.8, 4) is 11.5 Å². The second-order valence-corrected chi connectivity index (χ2v) is 4.52. The number of benzene rings is 1. The smallest absolute Gasteiger partial charge is 0.120 e. The summed E-state index contributed by atoms with van der Waals surface area (Å²) in [5.41, 5.74) is 0.606. The van der Waals surface area contributed by atoms with Crippen molar-refractivity contribution >= 4 is 12.4 Å². The van der Waals surface area contributed by atoms with Crippen LogP contribution in [0.2, 0.25) is 0 Å². The summed E-state index contributed by atoms with van der Waals surface area (Å²) in [5.74, 6) is 0.214. The van der Waals surface area contributed by atoms with Gasteiger partial charge in [-0.3, -0.25) is 9.29 Å². The number of aromatic hydroxyl groups is 2. The molecule has 0 unspecified atom stereocenters. The largest absolute Gasteiger partial charge is 0.508 e. The normalized spacial score (nSPS) is 17.7. The lowest BCUT2D eigenvalue weighted by atomic mass is 10.00. The van der Waals surface area contributed by atoms with Crippen molar-refractivity contribution in [3.63, 3.8) is 0 Å². The highest BCUT2D eigenvalue weighted by Crippen LogP contribution is 2.33. The standard InChI is InChI=1S/C13H19FN2O2.ClH/c14-4-3-12(16-7-5-15-6-8-16)11-9-10(17)1-2-13(11)18;/h1-2,9,12,15,17-18H,3-8H2;1H/t12-;/m0./s1. The molecule has 0 bridgehead atoms. The lowest BCUT2D eigenvalue weighted by Gasteiger charge is -2.35. The predicted molar refractivity (Wildman–Crippen MR) is 74.8 cm³/mol. The molecule has 1 aromatic rings. The van der Waals surface area contributed by atoms with Gasteiger partial charge in [0.1, 0.15) is 11.5 Å². The van der Waals surface area contributed by atoms with Gasteiger partial charge >= 0.3 is 0 Å². The first-order chi connectivity index (χ1) is 8.72. The zero-order chi connectivity index (χ0) is 13.0. The van der Waals surface area contributed by atoms with Gasteiger partial charge < -0.3 is 15.5 Å². The highest BCUT2D eigenvalue weighted by Gasteiger charge is 2.24. The first-order valence-electron chi connectivity index (χ1n) is 6.25. The Kier molecular flexibility index (Phi) is 6.34. The van der Waals surface area contributed by atoms with Gasteiger partial charge in [-0.2, -0.15) is 0 Å². The van der Waals surface area contributed by atoms with Gasteiger partial charge in [0.25, 0.3) is 0 Å². The van der Waals surface area contributed by atoms with Crippen molar-refractivity contribution < 1.29 is 14.6 Å². The van der Waals surface area contributed by atoms with Crippen LogP contribution >= 0.6 is 12.4 Å². The van der Waals surface area contributed by atoms with Gasteiger partial charge in [-0.15, -0.1) is 12.4 Å². The van der Waals surface area contributed by atoms with E-state index in [9.17, 15) is 14.6 Å². The number of nitrogens with zero attached hydrogens (tertiary/aromatic N) is 1. The lowest BCUT2D eigenvalue weighted by Crippen LogP contribution is -2.45. The molecule has 2 rings (SSSR count). The van der Waals surface area contributed by atoms with E-state index in [1.54, 1.807) is 0 Å². The van der Waals surface area contributed by atoms with Gasteiger partial charge in [-0.1, -0.05) is 0 Å². The average Bonchev–Trinajstić information content (AvgIpc) is 2.40. The molecular formula is C13H20ClFN2O2. The highest BCUT2D eigenvalue weighted by atomic mass is 35.5. The third kappa shape index (κ3) is 3.96. The van der Waals surface area contributed by atoms with Crippen LogP contribution in [-0.2, 0) is 0 Å². The first-order valence-corrected chi connectivity index (χ1v) is 6.25. The van der Waals surface area contributed by atoms with Crippen molar-refractivity contribution in [1.82, 2.24) is 10.2 Å². The van der Waals surface area contributed by atoms with E-state index in [4.69, 9.17) is 0 Å². The van der Waals surface area contributed by atoms with Crippen LogP contribution in [-0.4, -0.2) is 48.0 Å². The van der Waals surface area contributed by atoms with Crippen molar-refractivity contribution in [1.29, 1.82) is 0 Å². The van der Waals surface area contributed by atoms with Crippen LogP contribution in [0.3, 0.4) is 0 Å². The molecule has 0 amide bonds. The SMILES string of the molecule is Cl.Oc1ccc(O)c([C@H](CCF)N2CCNCC2)c1. The number of piperazine rings is 1. The molecule has 4 nitrogen and oxygen atoms in total. The molecule has 1 aliphatic rings. The Bertz CT molecular complexity index is 400. The Labute approximate surface area is 118 Å². The number of phenolic OH excluding ortho intramolecular Hbond substituents is 2. The molecule has 1 aliphatic heterocycles. The number of phenols is 2. The lowest BCUT2D eigenvalue weighted by molar-refractivity contribution is 0.155. The molecule has 108 valence electrons. The van der Waals surface area contributed by atoms with Crippen molar-refractivity contribution in [3.05, 3.63) is 23.8 Å². The molecule has 6 heteroatoms. The molecule has 0 aromatic heterocycles. The topological polar surface area (TPSA) is 55.7 Å². The van der Waals surface area contributed by atoms with Crippen LogP contribution in [0.15, 0.2) is 18.2 Å². The third-order valence-corrected chi connectivity index (χ3v) is 3.35. The van der Waals surface area contributed by atoms with E-state index in [2.05, 4.69) is 10.2 Å². The highest BCUT2D eigenvalue weighted by molar-refractivity contribution is 5.85. The van der Waals surface area contributed by atoms with Gasteiger partial charge in [0.05, 0.1) is 6.67 Å². The molecule has 3 N–H and O–H groups in total. The molecule has 1 heterocycles.